The van der Waals surface area contributed by atoms with Crippen LogP contribution in [0.3, 0.4) is 0 Å². The lowest BCUT2D eigenvalue weighted by molar-refractivity contribution is 0.307. The maximum absolute atomic E-state index is 5.59. The molecule has 2 atom stereocenters. The van der Waals surface area contributed by atoms with E-state index in [9.17, 15) is 0 Å². The average molecular weight is 291 g/mol. The van der Waals surface area contributed by atoms with Gasteiger partial charge in [0.2, 0.25) is 0 Å². The second kappa shape index (κ2) is 6.93. The molecule has 1 aliphatic heterocycles. The van der Waals surface area contributed by atoms with Crippen LogP contribution in [0.5, 0.6) is 0 Å². The molecule has 0 amide bonds. The molecule has 110 valence electrons. The van der Waals surface area contributed by atoms with Crippen LogP contribution in [0, 0.1) is 5.92 Å². The third kappa shape index (κ3) is 3.42. The number of hydrogen-bond donors (Lipinski definition) is 1. The molecular formula is C16H25N3S. The Kier molecular flexibility index (Phi) is 5.24. The van der Waals surface area contributed by atoms with Crippen molar-refractivity contribution in [2.75, 3.05) is 13.1 Å². The first-order valence-electron chi connectivity index (χ1n) is 7.40. The predicted octanol–water partition coefficient (Wildman–Crippen LogP) is 3.25. The molecule has 1 fully saturated rings. The van der Waals surface area contributed by atoms with Crippen LogP contribution in [0.1, 0.15) is 37.9 Å². The van der Waals surface area contributed by atoms with E-state index in [0.717, 1.165) is 30.5 Å². The highest BCUT2D eigenvalue weighted by molar-refractivity contribution is 7.80. The lowest BCUT2D eigenvalue weighted by Gasteiger charge is -2.32. The van der Waals surface area contributed by atoms with Crippen LogP contribution in [0.15, 0.2) is 31.0 Å². The molecule has 4 heteroatoms. The van der Waals surface area contributed by atoms with Gasteiger partial charge in [0.25, 0.3) is 0 Å². The largest absolute Gasteiger partial charge is 0.359 e. The summed E-state index contributed by atoms with van der Waals surface area (Å²) in [7, 11) is 2.11. The minimum absolute atomic E-state index is 0.379. The Morgan fingerprint density at radius 3 is 2.95 bits per heavy atom. The van der Waals surface area contributed by atoms with Crippen molar-refractivity contribution >= 4 is 17.3 Å². The molecular weight excluding hydrogens is 266 g/mol. The zero-order chi connectivity index (χ0) is 14.5. The minimum atomic E-state index is 0.379. The van der Waals surface area contributed by atoms with E-state index in [0.29, 0.717) is 6.04 Å². The van der Waals surface area contributed by atoms with Gasteiger partial charge in [-0.25, -0.2) is 0 Å². The van der Waals surface area contributed by atoms with Gasteiger partial charge in [-0.2, -0.15) is 0 Å². The summed E-state index contributed by atoms with van der Waals surface area (Å²) in [4.78, 5) is 2.36. The van der Waals surface area contributed by atoms with Gasteiger partial charge in [-0.1, -0.05) is 13.0 Å². The number of aromatic nitrogens is 1. The predicted molar refractivity (Wildman–Crippen MR) is 88.7 cm³/mol. The molecule has 3 nitrogen and oxygen atoms in total. The molecule has 1 saturated heterocycles. The number of aryl methyl sites for hydroxylation is 1. The Balaban J connectivity index is 2.21. The van der Waals surface area contributed by atoms with Crippen molar-refractivity contribution in [2.24, 2.45) is 13.0 Å². The molecule has 1 aliphatic rings. The van der Waals surface area contributed by atoms with Gasteiger partial charge in [0.05, 0.1) is 6.04 Å². The fraction of sp³-hybridized carbons (Fsp3) is 0.562. The first-order valence-corrected chi connectivity index (χ1v) is 7.81. The van der Waals surface area contributed by atoms with E-state index < -0.39 is 0 Å². The van der Waals surface area contributed by atoms with E-state index in [1.165, 1.54) is 18.5 Å². The SMILES string of the molecule is C=CCNC(=S)N1CC[C@@H](C)CC[C@H]1c1cccn1C. The summed E-state index contributed by atoms with van der Waals surface area (Å²) in [5.74, 6) is 0.768. The van der Waals surface area contributed by atoms with Gasteiger partial charge < -0.3 is 14.8 Å². The van der Waals surface area contributed by atoms with E-state index in [1.54, 1.807) is 0 Å². The minimum Gasteiger partial charge on any atom is -0.359 e. The number of nitrogens with one attached hydrogen (secondary N) is 1. The van der Waals surface area contributed by atoms with Crippen LogP contribution in [-0.4, -0.2) is 27.7 Å². The third-order valence-corrected chi connectivity index (χ3v) is 4.53. The van der Waals surface area contributed by atoms with Gasteiger partial charge in [0, 0.05) is 32.0 Å². The topological polar surface area (TPSA) is 20.2 Å². The third-order valence-electron chi connectivity index (χ3n) is 4.16. The normalized spacial score (nSPS) is 23.2. The summed E-state index contributed by atoms with van der Waals surface area (Å²) in [6.45, 7) is 7.84. The van der Waals surface area contributed by atoms with Crippen LogP contribution >= 0.6 is 12.2 Å². The van der Waals surface area contributed by atoms with Crippen molar-refractivity contribution in [2.45, 2.75) is 32.2 Å². The molecule has 0 aliphatic carbocycles. The van der Waals surface area contributed by atoms with Crippen LogP contribution in [-0.2, 0) is 7.05 Å². The number of rotatable bonds is 3. The Morgan fingerprint density at radius 2 is 2.30 bits per heavy atom. The fourth-order valence-corrected chi connectivity index (χ4v) is 3.19. The van der Waals surface area contributed by atoms with Crippen molar-refractivity contribution in [1.29, 1.82) is 0 Å². The molecule has 0 unspecified atom stereocenters. The Hall–Kier alpha value is -1.29. The second-order valence-electron chi connectivity index (χ2n) is 5.70. The molecule has 2 heterocycles. The van der Waals surface area contributed by atoms with Crippen molar-refractivity contribution < 1.29 is 0 Å². The molecule has 20 heavy (non-hydrogen) atoms. The van der Waals surface area contributed by atoms with Gasteiger partial charge in [0.1, 0.15) is 0 Å². The highest BCUT2D eigenvalue weighted by atomic mass is 32.1. The van der Waals surface area contributed by atoms with Gasteiger partial charge in [-0.3, -0.25) is 0 Å². The molecule has 1 aromatic heterocycles. The number of nitrogens with zero attached hydrogens (tertiary/aromatic N) is 2. The smallest absolute Gasteiger partial charge is 0.169 e. The molecule has 1 N–H and O–H groups in total. The van der Waals surface area contributed by atoms with Crippen molar-refractivity contribution in [1.82, 2.24) is 14.8 Å². The Bertz CT molecular complexity index is 466. The van der Waals surface area contributed by atoms with Crippen LogP contribution in [0.2, 0.25) is 0 Å². The number of hydrogen-bond acceptors (Lipinski definition) is 1. The van der Waals surface area contributed by atoms with Crippen LogP contribution < -0.4 is 5.32 Å². The van der Waals surface area contributed by atoms with E-state index in [2.05, 4.69) is 53.7 Å². The van der Waals surface area contributed by atoms with Gasteiger partial charge in [0.15, 0.2) is 5.11 Å². The lowest BCUT2D eigenvalue weighted by Crippen LogP contribution is -2.42. The van der Waals surface area contributed by atoms with E-state index in [-0.39, 0.29) is 0 Å². The molecule has 0 spiro atoms. The van der Waals surface area contributed by atoms with Gasteiger partial charge in [-0.05, 0) is 49.5 Å². The summed E-state index contributed by atoms with van der Waals surface area (Å²) in [5, 5.41) is 4.14. The molecule has 0 bridgehead atoms. The van der Waals surface area contributed by atoms with Crippen molar-refractivity contribution in [3.05, 3.63) is 36.7 Å². The molecule has 0 aromatic carbocycles. The number of likely N-dealkylation sites (tertiary alicyclic amines) is 1. The quantitative estimate of drug-likeness (QED) is 0.682. The van der Waals surface area contributed by atoms with Crippen molar-refractivity contribution in [3.63, 3.8) is 0 Å². The Morgan fingerprint density at radius 1 is 1.50 bits per heavy atom. The summed E-state index contributed by atoms with van der Waals surface area (Å²) in [6.07, 6.45) is 7.59. The second-order valence-corrected chi connectivity index (χ2v) is 6.09. The highest BCUT2D eigenvalue weighted by Gasteiger charge is 2.27. The zero-order valence-corrected chi connectivity index (χ0v) is 13.3. The molecule has 1 aromatic rings. The van der Waals surface area contributed by atoms with Crippen LogP contribution in [0.25, 0.3) is 0 Å². The highest BCUT2D eigenvalue weighted by Crippen LogP contribution is 2.32. The molecule has 2 rings (SSSR count). The van der Waals surface area contributed by atoms with Gasteiger partial charge >= 0.3 is 0 Å². The molecule has 0 saturated carbocycles. The van der Waals surface area contributed by atoms with E-state index in [1.807, 2.05) is 6.08 Å². The van der Waals surface area contributed by atoms with E-state index >= 15 is 0 Å². The zero-order valence-electron chi connectivity index (χ0n) is 12.5. The molecule has 0 radical (unpaired) electrons. The lowest BCUT2D eigenvalue weighted by atomic mass is 10.0. The number of thiocarbonyl (C=S) groups is 1. The first-order chi connectivity index (χ1) is 9.63. The van der Waals surface area contributed by atoms with Crippen LogP contribution in [0.4, 0.5) is 0 Å². The average Bonchev–Trinajstić information content (AvgIpc) is 2.75. The summed E-state index contributed by atoms with van der Waals surface area (Å²) in [5.41, 5.74) is 1.35. The fourth-order valence-electron chi connectivity index (χ4n) is 2.89. The van der Waals surface area contributed by atoms with Gasteiger partial charge in [-0.15, -0.1) is 6.58 Å². The maximum Gasteiger partial charge on any atom is 0.169 e. The Labute approximate surface area is 127 Å². The summed E-state index contributed by atoms with van der Waals surface area (Å²) in [6, 6.07) is 4.70. The summed E-state index contributed by atoms with van der Waals surface area (Å²) >= 11 is 5.59. The maximum atomic E-state index is 5.59. The van der Waals surface area contributed by atoms with E-state index in [4.69, 9.17) is 12.2 Å². The monoisotopic (exact) mass is 291 g/mol. The standard InChI is InChI=1S/C16H25N3S/c1-4-10-17-16(20)19-12-9-13(2)7-8-15(19)14-6-5-11-18(14)3/h4-6,11,13,15H,1,7-10,12H2,2-3H3,(H,17,20)/t13-,15-/m0/s1. The van der Waals surface area contributed by atoms with Crippen molar-refractivity contribution in [3.8, 4) is 0 Å². The first kappa shape index (κ1) is 15.1. The summed E-state index contributed by atoms with van der Waals surface area (Å²) < 4.78 is 2.21.